The van der Waals surface area contributed by atoms with Crippen LogP contribution in [-0.2, 0) is 11.3 Å². The summed E-state index contributed by atoms with van der Waals surface area (Å²) in [4.78, 5) is 4.22. The minimum atomic E-state index is 0.743. The van der Waals surface area contributed by atoms with E-state index in [1.807, 2.05) is 24.3 Å². The van der Waals surface area contributed by atoms with E-state index in [4.69, 9.17) is 9.47 Å². The first-order valence-electron chi connectivity index (χ1n) is 7.36. The number of benzene rings is 1. The number of guanidine groups is 1. The van der Waals surface area contributed by atoms with Gasteiger partial charge in [-0.25, -0.2) is 0 Å². The lowest BCUT2D eigenvalue weighted by atomic mass is 10.2. The van der Waals surface area contributed by atoms with Crippen molar-refractivity contribution in [2.24, 2.45) is 4.99 Å². The normalized spacial score (nSPS) is 11.3. The molecule has 0 unspecified atom stereocenters. The first-order chi connectivity index (χ1) is 10.3. The zero-order valence-electron chi connectivity index (χ0n) is 13.3. The van der Waals surface area contributed by atoms with E-state index in [-0.39, 0.29) is 0 Å². The minimum absolute atomic E-state index is 0.743. The van der Waals surface area contributed by atoms with Crippen LogP contribution in [0.4, 0.5) is 0 Å². The molecule has 0 aliphatic rings. The summed E-state index contributed by atoms with van der Waals surface area (Å²) in [5, 5.41) is 6.61. The lowest BCUT2D eigenvalue weighted by Crippen LogP contribution is -2.37. The van der Waals surface area contributed by atoms with Crippen LogP contribution < -0.4 is 15.4 Å². The molecule has 1 aromatic rings. The third-order valence-electron chi connectivity index (χ3n) is 3.16. The molecule has 21 heavy (non-hydrogen) atoms. The zero-order valence-corrected chi connectivity index (χ0v) is 13.3. The van der Waals surface area contributed by atoms with Crippen molar-refractivity contribution in [1.82, 2.24) is 10.6 Å². The van der Waals surface area contributed by atoms with Gasteiger partial charge in [-0.3, -0.25) is 4.99 Å². The van der Waals surface area contributed by atoms with E-state index in [0.717, 1.165) is 50.7 Å². The van der Waals surface area contributed by atoms with Gasteiger partial charge in [0.25, 0.3) is 0 Å². The fraction of sp³-hybridized carbons (Fsp3) is 0.562. The fourth-order valence-electron chi connectivity index (χ4n) is 1.90. The molecule has 0 aromatic heterocycles. The standard InChI is InChI=1S/C16H27N3O2/c1-17-16(18-11-5-4-6-12-20-2)19-13-14-7-9-15(21-3)10-8-14/h7-10H,4-6,11-13H2,1-3H3,(H2,17,18,19). The molecule has 1 rings (SSSR count). The van der Waals surface area contributed by atoms with E-state index in [2.05, 4.69) is 15.6 Å². The van der Waals surface area contributed by atoms with Gasteiger partial charge in [-0.1, -0.05) is 12.1 Å². The highest BCUT2D eigenvalue weighted by molar-refractivity contribution is 5.79. The lowest BCUT2D eigenvalue weighted by Gasteiger charge is -2.12. The van der Waals surface area contributed by atoms with Gasteiger partial charge in [0.2, 0.25) is 0 Å². The summed E-state index contributed by atoms with van der Waals surface area (Å²) >= 11 is 0. The van der Waals surface area contributed by atoms with Gasteiger partial charge in [0.05, 0.1) is 7.11 Å². The molecule has 1 aromatic carbocycles. The second-order valence-corrected chi connectivity index (χ2v) is 4.75. The summed E-state index contributed by atoms with van der Waals surface area (Å²) in [5.74, 6) is 1.70. The molecular formula is C16H27N3O2. The monoisotopic (exact) mass is 293 g/mol. The Hall–Kier alpha value is -1.75. The van der Waals surface area contributed by atoms with Crippen LogP contribution in [0.1, 0.15) is 24.8 Å². The lowest BCUT2D eigenvalue weighted by molar-refractivity contribution is 0.192. The third kappa shape index (κ3) is 7.56. The molecule has 0 bridgehead atoms. The van der Waals surface area contributed by atoms with Crippen LogP contribution in [-0.4, -0.2) is 40.4 Å². The summed E-state index contributed by atoms with van der Waals surface area (Å²) < 4.78 is 10.2. The van der Waals surface area contributed by atoms with E-state index in [1.54, 1.807) is 21.3 Å². The maximum Gasteiger partial charge on any atom is 0.191 e. The maximum absolute atomic E-state index is 5.14. The van der Waals surface area contributed by atoms with Crippen LogP contribution in [0.2, 0.25) is 0 Å². The van der Waals surface area contributed by atoms with Crippen molar-refractivity contribution >= 4 is 5.96 Å². The van der Waals surface area contributed by atoms with Gasteiger partial charge in [0, 0.05) is 33.9 Å². The molecule has 0 saturated heterocycles. The minimum Gasteiger partial charge on any atom is -0.497 e. The van der Waals surface area contributed by atoms with Crippen molar-refractivity contribution in [3.63, 3.8) is 0 Å². The summed E-state index contributed by atoms with van der Waals surface area (Å²) in [5.41, 5.74) is 1.19. The molecule has 118 valence electrons. The highest BCUT2D eigenvalue weighted by Gasteiger charge is 1.98. The first kappa shape index (κ1) is 17.3. The van der Waals surface area contributed by atoms with Crippen molar-refractivity contribution in [1.29, 1.82) is 0 Å². The largest absolute Gasteiger partial charge is 0.497 e. The zero-order chi connectivity index (χ0) is 15.3. The average molecular weight is 293 g/mol. The van der Waals surface area contributed by atoms with E-state index in [9.17, 15) is 0 Å². The highest BCUT2D eigenvalue weighted by Crippen LogP contribution is 2.10. The van der Waals surface area contributed by atoms with Crippen molar-refractivity contribution < 1.29 is 9.47 Å². The molecule has 5 heteroatoms. The Morgan fingerprint density at radius 2 is 1.81 bits per heavy atom. The smallest absolute Gasteiger partial charge is 0.191 e. The van der Waals surface area contributed by atoms with E-state index in [1.165, 1.54) is 5.56 Å². The van der Waals surface area contributed by atoms with Crippen LogP contribution in [0, 0.1) is 0 Å². The van der Waals surface area contributed by atoms with E-state index < -0.39 is 0 Å². The molecule has 5 nitrogen and oxygen atoms in total. The van der Waals surface area contributed by atoms with E-state index in [0.29, 0.717) is 0 Å². The number of hydrogen-bond acceptors (Lipinski definition) is 3. The van der Waals surface area contributed by atoms with Crippen LogP contribution in [0.3, 0.4) is 0 Å². The Morgan fingerprint density at radius 3 is 2.43 bits per heavy atom. The molecular weight excluding hydrogens is 266 g/mol. The van der Waals surface area contributed by atoms with Gasteiger partial charge in [-0.2, -0.15) is 0 Å². The number of aliphatic imine (C=N–C) groups is 1. The predicted octanol–water partition coefficient (Wildman–Crippen LogP) is 2.18. The molecule has 0 spiro atoms. The Bertz CT molecular complexity index is 404. The van der Waals surface area contributed by atoms with Gasteiger partial charge in [0.1, 0.15) is 5.75 Å². The maximum atomic E-state index is 5.14. The summed E-state index contributed by atoms with van der Waals surface area (Å²) in [6, 6.07) is 8.01. The molecule has 0 aliphatic heterocycles. The molecule has 0 fully saturated rings. The molecule has 0 radical (unpaired) electrons. The predicted molar refractivity (Wildman–Crippen MR) is 86.9 cm³/mol. The number of rotatable bonds is 9. The van der Waals surface area contributed by atoms with Gasteiger partial charge < -0.3 is 20.1 Å². The summed E-state index contributed by atoms with van der Waals surface area (Å²) in [7, 11) is 5.20. The van der Waals surface area contributed by atoms with Gasteiger partial charge in [-0.05, 0) is 37.0 Å². The Labute approximate surface area is 127 Å². The average Bonchev–Trinajstić information content (AvgIpc) is 2.54. The highest BCUT2D eigenvalue weighted by atomic mass is 16.5. The Balaban J connectivity index is 2.21. The fourth-order valence-corrected chi connectivity index (χ4v) is 1.90. The van der Waals surface area contributed by atoms with Crippen LogP contribution in [0.25, 0.3) is 0 Å². The molecule has 0 heterocycles. The van der Waals surface area contributed by atoms with Crippen molar-refractivity contribution in [2.45, 2.75) is 25.8 Å². The van der Waals surface area contributed by atoms with Crippen LogP contribution >= 0.6 is 0 Å². The van der Waals surface area contributed by atoms with E-state index >= 15 is 0 Å². The van der Waals surface area contributed by atoms with Crippen LogP contribution in [0.5, 0.6) is 5.75 Å². The SMILES string of the molecule is CN=C(NCCCCCOC)NCc1ccc(OC)cc1. The molecule has 0 saturated carbocycles. The van der Waals surface area contributed by atoms with Gasteiger partial charge >= 0.3 is 0 Å². The first-order valence-corrected chi connectivity index (χ1v) is 7.36. The van der Waals surface area contributed by atoms with Crippen molar-refractivity contribution in [3.05, 3.63) is 29.8 Å². The molecule has 0 amide bonds. The van der Waals surface area contributed by atoms with Gasteiger partial charge in [-0.15, -0.1) is 0 Å². The number of nitrogens with zero attached hydrogens (tertiary/aromatic N) is 1. The Morgan fingerprint density at radius 1 is 1.05 bits per heavy atom. The number of hydrogen-bond donors (Lipinski definition) is 2. The molecule has 2 N–H and O–H groups in total. The second-order valence-electron chi connectivity index (χ2n) is 4.75. The topological polar surface area (TPSA) is 54.9 Å². The molecule has 0 atom stereocenters. The van der Waals surface area contributed by atoms with Crippen LogP contribution in [0.15, 0.2) is 29.3 Å². The number of nitrogens with one attached hydrogen (secondary N) is 2. The number of ether oxygens (including phenoxy) is 2. The Kier molecular flexibility index (Phi) is 9.04. The summed E-state index contributed by atoms with van der Waals surface area (Å²) in [6.45, 7) is 2.50. The molecule has 0 aliphatic carbocycles. The van der Waals surface area contributed by atoms with Gasteiger partial charge in [0.15, 0.2) is 5.96 Å². The number of unbranched alkanes of at least 4 members (excludes halogenated alkanes) is 2. The third-order valence-corrected chi connectivity index (χ3v) is 3.16. The van der Waals surface area contributed by atoms with Crippen molar-refractivity contribution in [3.8, 4) is 5.75 Å². The quantitative estimate of drug-likeness (QED) is 0.416. The summed E-state index contributed by atoms with van der Waals surface area (Å²) in [6.07, 6.45) is 3.39. The second kappa shape index (κ2) is 11.0. The number of methoxy groups -OCH3 is 2. The van der Waals surface area contributed by atoms with Crippen molar-refractivity contribution in [2.75, 3.05) is 34.4 Å².